The molecular weight excluding hydrogens is 300 g/mol. The molecule has 0 bridgehead atoms. The van der Waals surface area contributed by atoms with E-state index in [2.05, 4.69) is 27.8 Å². The highest BCUT2D eigenvalue weighted by Crippen LogP contribution is 2.30. The lowest BCUT2D eigenvalue weighted by atomic mass is 10.1. The first-order chi connectivity index (χ1) is 11.7. The number of carbonyl (C=O) groups excluding carboxylic acids is 1. The molecule has 1 aliphatic rings. The summed E-state index contributed by atoms with van der Waals surface area (Å²) in [6.45, 7) is 2.03. The van der Waals surface area contributed by atoms with Crippen molar-refractivity contribution in [3.8, 4) is 5.69 Å². The van der Waals surface area contributed by atoms with Gasteiger partial charge >= 0.3 is 0 Å². The van der Waals surface area contributed by atoms with Crippen LogP contribution in [0.4, 0.5) is 0 Å². The number of aromatic nitrogens is 3. The summed E-state index contributed by atoms with van der Waals surface area (Å²) in [5.41, 5.74) is 4.91. The number of fused-ring (bicyclic) bond motifs is 1. The van der Waals surface area contributed by atoms with E-state index in [4.69, 9.17) is 0 Å². The number of hydrogen-bond acceptors (Lipinski definition) is 3. The molecule has 0 radical (unpaired) electrons. The van der Waals surface area contributed by atoms with Crippen LogP contribution in [0.15, 0.2) is 54.7 Å². The molecule has 0 saturated carbocycles. The predicted octanol–water partition coefficient (Wildman–Crippen LogP) is 2.99. The molecule has 5 heteroatoms. The third kappa shape index (κ3) is 2.69. The zero-order valence-corrected chi connectivity index (χ0v) is 13.4. The minimum absolute atomic E-state index is 0.0539. The number of aryl methyl sites for hydroxylation is 2. The summed E-state index contributed by atoms with van der Waals surface area (Å²) >= 11 is 0. The molecule has 1 heterocycles. The first kappa shape index (κ1) is 14.6. The van der Waals surface area contributed by atoms with Gasteiger partial charge in [-0.2, -0.15) is 0 Å². The molecule has 5 nitrogen and oxygen atoms in total. The highest BCUT2D eigenvalue weighted by atomic mass is 16.2. The van der Waals surface area contributed by atoms with Crippen LogP contribution in [0.25, 0.3) is 5.69 Å². The Hall–Kier alpha value is -2.95. The SMILES string of the molecule is Cc1ccc(-n2cc(C(=O)NC3CCc4ccccc43)nn2)cc1. The number of rotatable bonds is 3. The van der Waals surface area contributed by atoms with Gasteiger partial charge in [0, 0.05) is 0 Å². The average molecular weight is 318 g/mol. The van der Waals surface area contributed by atoms with Crippen molar-refractivity contribution in [2.24, 2.45) is 0 Å². The fourth-order valence-electron chi connectivity index (χ4n) is 3.13. The maximum absolute atomic E-state index is 12.5. The van der Waals surface area contributed by atoms with E-state index in [1.807, 2.05) is 43.3 Å². The number of amides is 1. The minimum atomic E-state index is -0.185. The molecule has 0 aliphatic heterocycles. The summed E-state index contributed by atoms with van der Waals surface area (Å²) in [6, 6.07) is 16.2. The van der Waals surface area contributed by atoms with Crippen molar-refractivity contribution in [1.29, 1.82) is 0 Å². The zero-order chi connectivity index (χ0) is 16.5. The molecule has 1 atom stereocenters. The number of hydrogen-bond donors (Lipinski definition) is 1. The Morgan fingerprint density at radius 2 is 1.96 bits per heavy atom. The Kier molecular flexibility index (Phi) is 3.61. The van der Waals surface area contributed by atoms with Crippen LogP contribution in [-0.2, 0) is 6.42 Å². The first-order valence-corrected chi connectivity index (χ1v) is 8.09. The minimum Gasteiger partial charge on any atom is -0.344 e. The Balaban J connectivity index is 1.51. The maximum Gasteiger partial charge on any atom is 0.273 e. The van der Waals surface area contributed by atoms with Crippen molar-refractivity contribution in [2.75, 3.05) is 0 Å². The second-order valence-electron chi connectivity index (χ2n) is 6.15. The standard InChI is InChI=1S/C19H18N4O/c1-13-6-9-15(10-7-13)23-12-18(21-22-23)19(24)20-17-11-8-14-4-2-3-5-16(14)17/h2-7,9-10,12,17H,8,11H2,1H3,(H,20,24). The van der Waals surface area contributed by atoms with Crippen molar-refractivity contribution in [3.63, 3.8) is 0 Å². The van der Waals surface area contributed by atoms with E-state index in [9.17, 15) is 4.79 Å². The average Bonchev–Trinajstić information content (AvgIpc) is 3.23. The largest absolute Gasteiger partial charge is 0.344 e. The van der Waals surface area contributed by atoms with E-state index in [0.717, 1.165) is 18.5 Å². The Morgan fingerprint density at radius 1 is 1.17 bits per heavy atom. The summed E-state index contributed by atoms with van der Waals surface area (Å²) in [5.74, 6) is -0.185. The van der Waals surface area contributed by atoms with Gasteiger partial charge in [-0.05, 0) is 43.0 Å². The second-order valence-corrected chi connectivity index (χ2v) is 6.15. The molecule has 1 aromatic heterocycles. The molecule has 1 unspecified atom stereocenters. The Bertz CT molecular complexity index is 882. The Labute approximate surface area is 140 Å². The van der Waals surface area contributed by atoms with Crippen molar-refractivity contribution in [2.45, 2.75) is 25.8 Å². The summed E-state index contributed by atoms with van der Waals surface area (Å²) in [4.78, 5) is 12.5. The third-order valence-electron chi connectivity index (χ3n) is 4.46. The van der Waals surface area contributed by atoms with E-state index in [1.165, 1.54) is 16.7 Å². The second kappa shape index (κ2) is 5.92. The van der Waals surface area contributed by atoms with Gasteiger partial charge in [0.1, 0.15) is 0 Å². The molecule has 2 aromatic carbocycles. The van der Waals surface area contributed by atoms with Crippen molar-refractivity contribution in [3.05, 3.63) is 77.1 Å². The molecule has 0 saturated heterocycles. The lowest BCUT2D eigenvalue weighted by Gasteiger charge is -2.12. The van der Waals surface area contributed by atoms with Gasteiger partial charge in [0.15, 0.2) is 5.69 Å². The van der Waals surface area contributed by atoms with E-state index in [0.29, 0.717) is 5.69 Å². The molecule has 0 spiro atoms. The van der Waals surface area contributed by atoms with E-state index < -0.39 is 0 Å². The Morgan fingerprint density at radius 3 is 2.79 bits per heavy atom. The number of nitrogens with zero attached hydrogens (tertiary/aromatic N) is 3. The van der Waals surface area contributed by atoms with Gasteiger partial charge in [0.05, 0.1) is 17.9 Å². The van der Waals surface area contributed by atoms with Crippen LogP contribution in [-0.4, -0.2) is 20.9 Å². The first-order valence-electron chi connectivity index (χ1n) is 8.09. The molecular formula is C19H18N4O. The number of carbonyl (C=O) groups is 1. The molecule has 120 valence electrons. The summed E-state index contributed by atoms with van der Waals surface area (Å²) in [6.07, 6.45) is 3.59. The predicted molar refractivity (Wildman–Crippen MR) is 91.1 cm³/mol. The fraction of sp³-hybridized carbons (Fsp3) is 0.211. The zero-order valence-electron chi connectivity index (χ0n) is 13.4. The topological polar surface area (TPSA) is 59.8 Å². The van der Waals surface area contributed by atoms with E-state index in [1.54, 1.807) is 10.9 Å². The van der Waals surface area contributed by atoms with E-state index >= 15 is 0 Å². The van der Waals surface area contributed by atoms with Gasteiger partial charge in [-0.1, -0.05) is 47.2 Å². The van der Waals surface area contributed by atoms with Gasteiger partial charge in [-0.3, -0.25) is 4.79 Å². The molecule has 0 fully saturated rings. The monoisotopic (exact) mass is 318 g/mol. The molecule has 1 amide bonds. The van der Waals surface area contributed by atoms with Crippen LogP contribution in [0.3, 0.4) is 0 Å². The molecule has 24 heavy (non-hydrogen) atoms. The van der Waals surface area contributed by atoms with Gasteiger partial charge in [0.25, 0.3) is 5.91 Å². The number of nitrogens with one attached hydrogen (secondary N) is 1. The number of benzene rings is 2. The molecule has 3 aromatic rings. The lowest BCUT2D eigenvalue weighted by molar-refractivity contribution is 0.0931. The van der Waals surface area contributed by atoms with Crippen LogP contribution in [0, 0.1) is 6.92 Å². The van der Waals surface area contributed by atoms with Crippen LogP contribution >= 0.6 is 0 Å². The normalized spacial score (nSPS) is 16.0. The van der Waals surface area contributed by atoms with Gasteiger partial charge in [0.2, 0.25) is 0 Å². The van der Waals surface area contributed by atoms with Crippen LogP contribution in [0.2, 0.25) is 0 Å². The van der Waals surface area contributed by atoms with E-state index in [-0.39, 0.29) is 11.9 Å². The summed E-state index contributed by atoms with van der Waals surface area (Å²) < 4.78 is 1.62. The summed E-state index contributed by atoms with van der Waals surface area (Å²) in [7, 11) is 0. The van der Waals surface area contributed by atoms with Crippen LogP contribution in [0.1, 0.15) is 39.6 Å². The van der Waals surface area contributed by atoms with Crippen LogP contribution in [0.5, 0.6) is 0 Å². The van der Waals surface area contributed by atoms with Gasteiger partial charge < -0.3 is 5.32 Å². The molecule has 4 rings (SSSR count). The quantitative estimate of drug-likeness (QED) is 0.807. The van der Waals surface area contributed by atoms with Crippen molar-refractivity contribution in [1.82, 2.24) is 20.3 Å². The van der Waals surface area contributed by atoms with Crippen molar-refractivity contribution < 1.29 is 4.79 Å². The highest BCUT2D eigenvalue weighted by molar-refractivity contribution is 5.92. The third-order valence-corrected chi connectivity index (χ3v) is 4.46. The fourth-order valence-corrected chi connectivity index (χ4v) is 3.13. The molecule has 1 aliphatic carbocycles. The van der Waals surface area contributed by atoms with Crippen LogP contribution < -0.4 is 5.32 Å². The smallest absolute Gasteiger partial charge is 0.273 e. The lowest BCUT2D eigenvalue weighted by Crippen LogP contribution is -2.27. The highest BCUT2D eigenvalue weighted by Gasteiger charge is 2.24. The van der Waals surface area contributed by atoms with Crippen molar-refractivity contribution >= 4 is 5.91 Å². The molecule has 1 N–H and O–H groups in total. The van der Waals surface area contributed by atoms with Gasteiger partial charge in [-0.25, -0.2) is 4.68 Å². The summed E-state index contributed by atoms with van der Waals surface area (Å²) in [5, 5.41) is 11.1. The maximum atomic E-state index is 12.5. The van der Waals surface area contributed by atoms with Gasteiger partial charge in [-0.15, -0.1) is 5.10 Å².